The van der Waals surface area contributed by atoms with Gasteiger partial charge in [-0.15, -0.1) is 0 Å². The van der Waals surface area contributed by atoms with E-state index in [1.54, 1.807) is 49.6 Å². The molecule has 0 heterocycles. The molecule has 7 nitrogen and oxygen atoms in total. The minimum atomic E-state index is -0.261. The number of benzene rings is 3. The molecule has 0 aliphatic rings. The van der Waals surface area contributed by atoms with Gasteiger partial charge in [-0.05, 0) is 55.6 Å². The van der Waals surface area contributed by atoms with E-state index in [1.807, 2.05) is 42.3 Å². The highest BCUT2D eigenvalue weighted by Gasteiger charge is 2.11. The van der Waals surface area contributed by atoms with Gasteiger partial charge < -0.3 is 25.0 Å². The van der Waals surface area contributed by atoms with Crippen LogP contribution in [0.5, 0.6) is 11.5 Å². The molecule has 0 aliphatic carbocycles. The van der Waals surface area contributed by atoms with E-state index < -0.39 is 0 Å². The number of amides is 2. The summed E-state index contributed by atoms with van der Waals surface area (Å²) < 4.78 is 10.9. The lowest BCUT2D eigenvalue weighted by molar-refractivity contribution is -0.116. The zero-order valence-corrected chi connectivity index (χ0v) is 20.0. The second kappa shape index (κ2) is 12.6. The largest absolute Gasteiger partial charge is 0.495 e. The third kappa shape index (κ3) is 7.50. The fraction of sp³-hybridized carbons (Fsp3) is 0.231. The number of nitrogens with one attached hydrogen (secondary N) is 2. The van der Waals surface area contributed by atoms with Gasteiger partial charge in [-0.3, -0.25) is 9.59 Å². The van der Waals surface area contributed by atoms with Gasteiger partial charge in [0, 0.05) is 30.8 Å². The average molecular weight is 482 g/mol. The summed E-state index contributed by atoms with van der Waals surface area (Å²) in [7, 11) is 3.48. The summed E-state index contributed by atoms with van der Waals surface area (Å²) in [4.78, 5) is 26.8. The summed E-state index contributed by atoms with van der Waals surface area (Å²) >= 11 is 6.08. The van der Waals surface area contributed by atoms with Crippen molar-refractivity contribution in [3.8, 4) is 11.5 Å². The number of likely N-dealkylation sites (N-methyl/N-ethyl adjacent to an activating group) is 1. The van der Waals surface area contributed by atoms with Crippen LogP contribution in [-0.4, -0.2) is 50.6 Å². The molecule has 178 valence electrons. The number of methoxy groups -OCH3 is 1. The molecule has 2 N–H and O–H groups in total. The lowest BCUT2D eigenvalue weighted by Crippen LogP contribution is -2.28. The van der Waals surface area contributed by atoms with E-state index in [4.69, 9.17) is 21.1 Å². The van der Waals surface area contributed by atoms with Gasteiger partial charge in [0.1, 0.15) is 18.1 Å². The van der Waals surface area contributed by atoms with Crippen LogP contribution in [-0.2, 0) is 4.79 Å². The molecule has 8 heteroatoms. The molecule has 3 aromatic rings. The first kappa shape index (κ1) is 25.1. The summed E-state index contributed by atoms with van der Waals surface area (Å²) in [6.07, 6.45) is 0.332. The number of para-hydroxylation sites is 3. The molecule has 0 saturated carbocycles. The topological polar surface area (TPSA) is 79.9 Å². The zero-order valence-electron chi connectivity index (χ0n) is 19.2. The van der Waals surface area contributed by atoms with Crippen LogP contribution >= 0.6 is 11.6 Å². The molecule has 0 spiro atoms. The van der Waals surface area contributed by atoms with Crippen molar-refractivity contribution in [1.82, 2.24) is 4.90 Å². The highest BCUT2D eigenvalue weighted by atomic mass is 35.5. The number of nitrogens with zero attached hydrogens (tertiary/aromatic N) is 1. The zero-order chi connectivity index (χ0) is 24.3. The number of anilines is 2. The van der Waals surface area contributed by atoms with Crippen LogP contribution in [0.15, 0.2) is 72.8 Å². The minimum absolute atomic E-state index is 0.106. The Morgan fingerprint density at radius 3 is 2.26 bits per heavy atom. The molecule has 0 bridgehead atoms. The monoisotopic (exact) mass is 481 g/mol. The molecular weight excluding hydrogens is 454 g/mol. The molecule has 0 aromatic heterocycles. The Labute approximate surface area is 204 Å². The first-order valence-electron chi connectivity index (χ1n) is 10.9. The normalized spacial score (nSPS) is 10.6. The predicted molar refractivity (Wildman–Crippen MR) is 135 cm³/mol. The highest BCUT2D eigenvalue weighted by Crippen LogP contribution is 2.24. The van der Waals surface area contributed by atoms with Crippen molar-refractivity contribution in [2.45, 2.75) is 6.42 Å². The van der Waals surface area contributed by atoms with Gasteiger partial charge >= 0.3 is 0 Å². The number of rotatable bonds is 11. The van der Waals surface area contributed by atoms with E-state index in [2.05, 4.69) is 10.6 Å². The van der Waals surface area contributed by atoms with Crippen molar-refractivity contribution in [1.29, 1.82) is 0 Å². The van der Waals surface area contributed by atoms with E-state index in [9.17, 15) is 9.59 Å². The smallest absolute Gasteiger partial charge is 0.255 e. The van der Waals surface area contributed by atoms with E-state index >= 15 is 0 Å². The standard InChI is InChI=1S/C26H28ClN3O4/c1-30(17-18-34-23-9-5-3-7-21(23)27)16-15-25(31)28-20-13-11-19(12-14-20)26(32)29-22-8-4-6-10-24(22)33-2/h3-14H,15-18H2,1-2H3,(H,28,31)(H,29,32). The van der Waals surface area contributed by atoms with Crippen LogP contribution in [0.1, 0.15) is 16.8 Å². The molecule has 2 amide bonds. The first-order chi connectivity index (χ1) is 16.5. The van der Waals surface area contributed by atoms with Gasteiger partial charge in [-0.2, -0.15) is 0 Å². The van der Waals surface area contributed by atoms with Crippen molar-refractivity contribution in [3.63, 3.8) is 0 Å². The number of ether oxygens (including phenoxy) is 2. The molecule has 3 aromatic carbocycles. The highest BCUT2D eigenvalue weighted by molar-refractivity contribution is 6.32. The molecule has 0 saturated heterocycles. The quantitative estimate of drug-likeness (QED) is 0.405. The van der Waals surface area contributed by atoms with Crippen LogP contribution in [0.4, 0.5) is 11.4 Å². The maximum Gasteiger partial charge on any atom is 0.255 e. The second-order valence-electron chi connectivity index (χ2n) is 7.61. The molecule has 34 heavy (non-hydrogen) atoms. The Morgan fingerprint density at radius 1 is 0.882 bits per heavy atom. The van der Waals surface area contributed by atoms with Crippen molar-refractivity contribution < 1.29 is 19.1 Å². The van der Waals surface area contributed by atoms with E-state index in [0.29, 0.717) is 59.6 Å². The van der Waals surface area contributed by atoms with Crippen LogP contribution in [0.2, 0.25) is 5.02 Å². The van der Waals surface area contributed by atoms with Gasteiger partial charge in [0.2, 0.25) is 5.91 Å². The van der Waals surface area contributed by atoms with Crippen molar-refractivity contribution >= 4 is 34.8 Å². The number of carbonyl (C=O) groups excluding carboxylic acids is 2. The lowest BCUT2D eigenvalue weighted by atomic mass is 10.2. The van der Waals surface area contributed by atoms with Gasteiger partial charge in [0.15, 0.2) is 0 Å². The Hall–Kier alpha value is -3.55. The van der Waals surface area contributed by atoms with Gasteiger partial charge in [-0.1, -0.05) is 35.9 Å². The van der Waals surface area contributed by atoms with Crippen molar-refractivity contribution in [2.75, 3.05) is 44.5 Å². The summed E-state index contributed by atoms with van der Waals surface area (Å²) in [5.41, 5.74) is 1.69. The fourth-order valence-electron chi connectivity index (χ4n) is 3.15. The van der Waals surface area contributed by atoms with Crippen LogP contribution in [0.3, 0.4) is 0 Å². The number of carbonyl (C=O) groups is 2. The third-order valence-electron chi connectivity index (χ3n) is 5.07. The number of hydrogen-bond donors (Lipinski definition) is 2. The summed E-state index contributed by atoms with van der Waals surface area (Å²) in [5.74, 6) is 0.864. The van der Waals surface area contributed by atoms with Crippen molar-refractivity contribution in [3.05, 3.63) is 83.4 Å². The molecule has 0 aliphatic heterocycles. The van der Waals surface area contributed by atoms with Gasteiger partial charge in [-0.25, -0.2) is 0 Å². The third-order valence-corrected chi connectivity index (χ3v) is 5.39. The van der Waals surface area contributed by atoms with E-state index in [-0.39, 0.29) is 11.8 Å². The Balaban J connectivity index is 1.41. The fourth-order valence-corrected chi connectivity index (χ4v) is 3.34. The molecule has 0 atom stereocenters. The van der Waals surface area contributed by atoms with Crippen molar-refractivity contribution in [2.24, 2.45) is 0 Å². The Bertz CT molecular complexity index is 1110. The van der Waals surface area contributed by atoms with Crippen LogP contribution in [0, 0.1) is 0 Å². The predicted octanol–water partition coefficient (Wildman–Crippen LogP) is 4.94. The SMILES string of the molecule is COc1ccccc1NC(=O)c1ccc(NC(=O)CCN(C)CCOc2ccccc2Cl)cc1. The maximum atomic E-state index is 12.5. The lowest BCUT2D eigenvalue weighted by Gasteiger charge is -2.17. The van der Waals surface area contributed by atoms with Gasteiger partial charge in [0.25, 0.3) is 5.91 Å². The Kier molecular flexibility index (Phi) is 9.31. The van der Waals surface area contributed by atoms with E-state index in [0.717, 1.165) is 0 Å². The average Bonchev–Trinajstić information content (AvgIpc) is 2.84. The molecular formula is C26H28ClN3O4. The summed E-state index contributed by atoms with van der Waals surface area (Å²) in [5, 5.41) is 6.26. The first-order valence-corrected chi connectivity index (χ1v) is 11.2. The molecule has 0 fully saturated rings. The van der Waals surface area contributed by atoms with Crippen LogP contribution < -0.4 is 20.1 Å². The number of halogens is 1. The van der Waals surface area contributed by atoms with Crippen LogP contribution in [0.25, 0.3) is 0 Å². The Morgan fingerprint density at radius 2 is 1.56 bits per heavy atom. The van der Waals surface area contributed by atoms with E-state index in [1.165, 1.54) is 0 Å². The second-order valence-corrected chi connectivity index (χ2v) is 8.02. The molecule has 0 radical (unpaired) electrons. The van der Waals surface area contributed by atoms with Gasteiger partial charge in [0.05, 0.1) is 17.8 Å². The minimum Gasteiger partial charge on any atom is -0.495 e. The number of hydrogen-bond acceptors (Lipinski definition) is 5. The molecule has 0 unspecified atom stereocenters. The summed E-state index contributed by atoms with van der Waals surface area (Å²) in [6, 6.07) is 21.3. The molecule has 3 rings (SSSR count). The summed E-state index contributed by atoms with van der Waals surface area (Å²) in [6.45, 7) is 1.71. The maximum absolute atomic E-state index is 12.5.